The smallest absolute Gasteiger partial charge is 0.118 e. The first-order chi connectivity index (χ1) is 7.66. The molecule has 2 N–H and O–H groups in total. The van der Waals surface area contributed by atoms with Crippen molar-refractivity contribution in [3.05, 3.63) is 29.8 Å². The van der Waals surface area contributed by atoms with E-state index in [1.54, 1.807) is 0 Å². The minimum Gasteiger partial charge on any atom is -0.369 e. The molecule has 0 radical (unpaired) electrons. The Morgan fingerprint density at radius 2 is 2.06 bits per heavy atom. The standard InChI is InChI=1S/C13H19FN2/c1-10(15)11-4-6-13(7-5-11)16-8-2-3-12(14)9-16/h4-7,10,12H,2-3,8-9,15H2,1H3. The van der Waals surface area contributed by atoms with Crippen LogP contribution in [0.3, 0.4) is 0 Å². The van der Waals surface area contributed by atoms with Crippen LogP contribution < -0.4 is 10.6 Å². The van der Waals surface area contributed by atoms with E-state index in [1.165, 1.54) is 0 Å². The van der Waals surface area contributed by atoms with Gasteiger partial charge in [0.1, 0.15) is 6.17 Å². The van der Waals surface area contributed by atoms with Gasteiger partial charge in [0.2, 0.25) is 0 Å². The molecule has 1 aliphatic rings. The Morgan fingerprint density at radius 3 is 2.62 bits per heavy atom. The lowest BCUT2D eigenvalue weighted by Crippen LogP contribution is -2.36. The van der Waals surface area contributed by atoms with Crippen LogP contribution in [0.1, 0.15) is 31.4 Å². The van der Waals surface area contributed by atoms with Gasteiger partial charge in [-0.1, -0.05) is 12.1 Å². The number of rotatable bonds is 2. The van der Waals surface area contributed by atoms with Gasteiger partial charge in [0.15, 0.2) is 0 Å². The van der Waals surface area contributed by atoms with Crippen molar-refractivity contribution in [2.75, 3.05) is 18.0 Å². The molecular weight excluding hydrogens is 203 g/mol. The molecule has 1 aliphatic heterocycles. The minimum atomic E-state index is -0.679. The first-order valence-electron chi connectivity index (χ1n) is 5.91. The number of anilines is 1. The summed E-state index contributed by atoms with van der Waals surface area (Å²) < 4.78 is 13.3. The zero-order chi connectivity index (χ0) is 11.5. The lowest BCUT2D eigenvalue weighted by Gasteiger charge is -2.31. The van der Waals surface area contributed by atoms with Gasteiger partial charge in [-0.2, -0.15) is 0 Å². The minimum absolute atomic E-state index is 0.0596. The highest BCUT2D eigenvalue weighted by molar-refractivity contribution is 5.48. The van der Waals surface area contributed by atoms with Crippen LogP contribution in [-0.2, 0) is 0 Å². The number of benzene rings is 1. The summed E-state index contributed by atoms with van der Waals surface area (Å²) in [6.45, 7) is 3.45. The molecule has 2 atom stereocenters. The van der Waals surface area contributed by atoms with Gasteiger partial charge in [0.05, 0.1) is 0 Å². The van der Waals surface area contributed by atoms with Gasteiger partial charge in [-0.25, -0.2) is 4.39 Å². The predicted molar refractivity (Wildman–Crippen MR) is 65.4 cm³/mol. The molecule has 0 aliphatic carbocycles. The molecule has 1 aromatic carbocycles. The maximum absolute atomic E-state index is 13.3. The van der Waals surface area contributed by atoms with Crippen LogP contribution in [0, 0.1) is 0 Å². The van der Waals surface area contributed by atoms with E-state index in [-0.39, 0.29) is 6.04 Å². The number of halogens is 1. The lowest BCUT2D eigenvalue weighted by atomic mass is 10.1. The molecule has 16 heavy (non-hydrogen) atoms. The Labute approximate surface area is 96.2 Å². The average molecular weight is 222 g/mol. The number of hydrogen-bond acceptors (Lipinski definition) is 2. The SMILES string of the molecule is CC(N)c1ccc(N2CCCC(F)C2)cc1. The van der Waals surface area contributed by atoms with Crippen molar-refractivity contribution in [3.63, 3.8) is 0 Å². The summed E-state index contributed by atoms with van der Waals surface area (Å²) in [5.74, 6) is 0. The van der Waals surface area contributed by atoms with Crippen LogP contribution in [0.5, 0.6) is 0 Å². The number of hydrogen-bond donors (Lipinski definition) is 1. The van der Waals surface area contributed by atoms with Gasteiger partial charge in [-0.15, -0.1) is 0 Å². The van der Waals surface area contributed by atoms with E-state index < -0.39 is 6.17 Å². The second kappa shape index (κ2) is 4.83. The van der Waals surface area contributed by atoms with Crippen molar-refractivity contribution in [1.82, 2.24) is 0 Å². The normalized spacial score (nSPS) is 23.2. The van der Waals surface area contributed by atoms with Crippen LogP contribution in [-0.4, -0.2) is 19.3 Å². The van der Waals surface area contributed by atoms with E-state index in [0.29, 0.717) is 13.0 Å². The van der Waals surface area contributed by atoms with Crippen LogP contribution in [0.25, 0.3) is 0 Å². The molecule has 1 fully saturated rings. The number of piperidine rings is 1. The Bertz CT molecular complexity index is 334. The highest BCUT2D eigenvalue weighted by Gasteiger charge is 2.19. The quantitative estimate of drug-likeness (QED) is 0.833. The number of nitrogens with zero attached hydrogens (tertiary/aromatic N) is 1. The molecule has 0 aromatic heterocycles. The van der Waals surface area contributed by atoms with E-state index in [4.69, 9.17) is 5.73 Å². The molecule has 1 saturated heterocycles. The summed E-state index contributed by atoms with van der Waals surface area (Å²) in [5.41, 5.74) is 8.02. The summed E-state index contributed by atoms with van der Waals surface area (Å²) >= 11 is 0. The van der Waals surface area contributed by atoms with E-state index >= 15 is 0 Å². The van der Waals surface area contributed by atoms with E-state index in [0.717, 1.165) is 24.2 Å². The van der Waals surface area contributed by atoms with Gasteiger partial charge in [0, 0.05) is 24.8 Å². The summed E-state index contributed by atoms with van der Waals surface area (Å²) in [4.78, 5) is 2.11. The number of alkyl halides is 1. The zero-order valence-electron chi connectivity index (χ0n) is 9.70. The summed E-state index contributed by atoms with van der Waals surface area (Å²) in [6.07, 6.45) is 0.965. The van der Waals surface area contributed by atoms with Gasteiger partial charge >= 0.3 is 0 Å². The fraction of sp³-hybridized carbons (Fsp3) is 0.538. The fourth-order valence-electron chi connectivity index (χ4n) is 2.15. The third-order valence-corrected chi connectivity index (χ3v) is 3.15. The molecular formula is C13H19FN2. The number of nitrogens with two attached hydrogens (primary N) is 1. The molecule has 88 valence electrons. The Kier molecular flexibility index (Phi) is 3.44. The zero-order valence-corrected chi connectivity index (χ0v) is 9.70. The van der Waals surface area contributed by atoms with Crippen molar-refractivity contribution >= 4 is 5.69 Å². The van der Waals surface area contributed by atoms with E-state index in [2.05, 4.69) is 4.90 Å². The molecule has 0 bridgehead atoms. The Balaban J connectivity index is 2.09. The molecule has 1 heterocycles. The Hall–Kier alpha value is -1.09. The summed E-state index contributed by atoms with van der Waals surface area (Å²) in [6, 6.07) is 8.20. The fourth-order valence-corrected chi connectivity index (χ4v) is 2.15. The van der Waals surface area contributed by atoms with E-state index in [1.807, 2.05) is 31.2 Å². The van der Waals surface area contributed by atoms with Crippen LogP contribution in [0.4, 0.5) is 10.1 Å². The molecule has 0 spiro atoms. The van der Waals surface area contributed by atoms with Gasteiger partial charge < -0.3 is 10.6 Å². The average Bonchev–Trinajstić information content (AvgIpc) is 2.29. The van der Waals surface area contributed by atoms with Crippen molar-refractivity contribution < 1.29 is 4.39 Å². The molecule has 1 aromatic rings. The highest BCUT2D eigenvalue weighted by Crippen LogP contribution is 2.22. The maximum Gasteiger partial charge on any atom is 0.118 e. The third-order valence-electron chi connectivity index (χ3n) is 3.15. The second-order valence-electron chi connectivity index (χ2n) is 4.57. The Morgan fingerprint density at radius 1 is 1.38 bits per heavy atom. The predicted octanol–water partition coefficient (Wildman–Crippen LogP) is 2.64. The molecule has 3 heteroatoms. The van der Waals surface area contributed by atoms with Crippen molar-refractivity contribution in [2.45, 2.75) is 32.0 Å². The molecule has 0 saturated carbocycles. The van der Waals surface area contributed by atoms with Crippen LogP contribution in [0.2, 0.25) is 0 Å². The van der Waals surface area contributed by atoms with Crippen molar-refractivity contribution in [3.8, 4) is 0 Å². The maximum atomic E-state index is 13.3. The van der Waals surface area contributed by atoms with Gasteiger partial charge in [-0.3, -0.25) is 0 Å². The van der Waals surface area contributed by atoms with Gasteiger partial charge in [-0.05, 0) is 37.5 Å². The first kappa shape index (κ1) is 11.4. The first-order valence-corrected chi connectivity index (χ1v) is 5.91. The highest BCUT2D eigenvalue weighted by atomic mass is 19.1. The van der Waals surface area contributed by atoms with Crippen LogP contribution >= 0.6 is 0 Å². The largest absolute Gasteiger partial charge is 0.369 e. The molecule has 2 nitrogen and oxygen atoms in total. The van der Waals surface area contributed by atoms with Gasteiger partial charge in [0.25, 0.3) is 0 Å². The molecule has 2 rings (SSSR count). The van der Waals surface area contributed by atoms with Crippen molar-refractivity contribution in [2.24, 2.45) is 5.73 Å². The summed E-state index contributed by atoms with van der Waals surface area (Å²) in [5, 5.41) is 0. The second-order valence-corrected chi connectivity index (χ2v) is 4.57. The van der Waals surface area contributed by atoms with E-state index in [9.17, 15) is 4.39 Å². The summed E-state index contributed by atoms with van der Waals surface area (Å²) in [7, 11) is 0. The molecule has 2 unspecified atom stereocenters. The topological polar surface area (TPSA) is 29.3 Å². The van der Waals surface area contributed by atoms with Crippen molar-refractivity contribution in [1.29, 1.82) is 0 Å². The molecule has 0 amide bonds. The van der Waals surface area contributed by atoms with Crippen LogP contribution in [0.15, 0.2) is 24.3 Å². The lowest BCUT2D eigenvalue weighted by molar-refractivity contribution is 0.287. The monoisotopic (exact) mass is 222 g/mol. The third kappa shape index (κ3) is 2.53.